The molecular weight excluding hydrogens is 289 g/mol. The van der Waals surface area contributed by atoms with Crippen LogP contribution in [0.15, 0.2) is 30.3 Å². The molecule has 0 spiro atoms. The molecule has 0 heterocycles. The first-order chi connectivity index (χ1) is 8.90. The summed E-state index contributed by atoms with van der Waals surface area (Å²) in [4.78, 5) is 0. The van der Waals surface area contributed by atoms with Crippen molar-refractivity contribution in [1.29, 1.82) is 0 Å². The molecule has 19 heavy (non-hydrogen) atoms. The molecule has 0 nitrogen and oxygen atoms in total. The van der Waals surface area contributed by atoms with Crippen LogP contribution in [0.2, 0.25) is 5.02 Å². The van der Waals surface area contributed by atoms with Gasteiger partial charge in [0.25, 0.3) is 0 Å². The third-order valence-electron chi connectivity index (χ3n) is 3.06. The summed E-state index contributed by atoms with van der Waals surface area (Å²) in [6.07, 6.45) is 0. The van der Waals surface area contributed by atoms with Crippen LogP contribution in [-0.4, -0.2) is 0 Å². The fraction of sp³-hybridized carbons (Fsp3) is 0.200. The van der Waals surface area contributed by atoms with E-state index in [4.69, 9.17) is 23.2 Å². The van der Waals surface area contributed by atoms with E-state index in [2.05, 4.69) is 0 Å². The highest BCUT2D eigenvalue weighted by atomic mass is 35.5. The van der Waals surface area contributed by atoms with E-state index < -0.39 is 17.0 Å². The Morgan fingerprint density at radius 1 is 0.895 bits per heavy atom. The van der Waals surface area contributed by atoms with Crippen LogP contribution in [0.4, 0.5) is 8.78 Å². The Labute approximate surface area is 121 Å². The average Bonchev–Trinajstić information content (AvgIpc) is 2.33. The minimum atomic E-state index is -0.743. The second kappa shape index (κ2) is 5.48. The lowest BCUT2D eigenvalue weighted by atomic mass is 9.98. The van der Waals surface area contributed by atoms with Crippen molar-refractivity contribution in [3.05, 3.63) is 69.2 Å². The van der Waals surface area contributed by atoms with Gasteiger partial charge in [0, 0.05) is 10.6 Å². The summed E-state index contributed by atoms with van der Waals surface area (Å²) in [6, 6.07) is 7.46. The van der Waals surface area contributed by atoms with E-state index in [1.807, 2.05) is 6.92 Å². The van der Waals surface area contributed by atoms with Gasteiger partial charge < -0.3 is 0 Å². The van der Waals surface area contributed by atoms with Gasteiger partial charge in [-0.2, -0.15) is 0 Å². The topological polar surface area (TPSA) is 0 Å². The first kappa shape index (κ1) is 14.3. The van der Waals surface area contributed by atoms with E-state index in [-0.39, 0.29) is 11.1 Å². The normalized spacial score (nSPS) is 12.5. The summed E-state index contributed by atoms with van der Waals surface area (Å²) in [6.45, 7) is 3.35. The Kier molecular flexibility index (Phi) is 4.12. The largest absolute Gasteiger partial charge is 0.207 e. The molecule has 0 saturated carbocycles. The van der Waals surface area contributed by atoms with E-state index in [0.717, 1.165) is 17.7 Å². The third kappa shape index (κ3) is 2.90. The Morgan fingerprint density at radius 3 is 2.21 bits per heavy atom. The first-order valence-corrected chi connectivity index (χ1v) is 6.57. The highest BCUT2D eigenvalue weighted by Crippen LogP contribution is 2.34. The number of alkyl halides is 1. The Balaban J connectivity index is 2.49. The lowest BCUT2D eigenvalue weighted by Crippen LogP contribution is -2.01. The quantitative estimate of drug-likeness (QED) is 0.637. The van der Waals surface area contributed by atoms with Crippen LogP contribution in [-0.2, 0) is 0 Å². The van der Waals surface area contributed by atoms with E-state index in [9.17, 15) is 8.78 Å². The molecule has 0 aliphatic heterocycles. The maximum atomic E-state index is 13.9. The zero-order chi connectivity index (χ0) is 14.2. The van der Waals surface area contributed by atoms with Crippen molar-refractivity contribution in [2.24, 2.45) is 0 Å². The van der Waals surface area contributed by atoms with Gasteiger partial charge in [0.15, 0.2) is 0 Å². The van der Waals surface area contributed by atoms with Gasteiger partial charge in [-0.15, -0.1) is 11.6 Å². The molecule has 2 aromatic rings. The van der Waals surface area contributed by atoms with Crippen LogP contribution >= 0.6 is 23.2 Å². The molecule has 0 radical (unpaired) electrons. The highest BCUT2D eigenvalue weighted by Gasteiger charge is 2.19. The molecule has 0 saturated heterocycles. The minimum Gasteiger partial charge on any atom is -0.207 e. The molecule has 0 N–H and O–H groups in total. The fourth-order valence-corrected chi connectivity index (χ4v) is 2.59. The van der Waals surface area contributed by atoms with Gasteiger partial charge >= 0.3 is 0 Å². The number of rotatable bonds is 2. The van der Waals surface area contributed by atoms with Crippen molar-refractivity contribution in [1.82, 2.24) is 0 Å². The smallest absolute Gasteiger partial charge is 0.128 e. The summed E-state index contributed by atoms with van der Waals surface area (Å²) in [5, 5.41) is -0.159. The Hall–Kier alpha value is -1.12. The van der Waals surface area contributed by atoms with Crippen molar-refractivity contribution in [2.75, 3.05) is 0 Å². The summed E-state index contributed by atoms with van der Waals surface area (Å²) in [5.41, 5.74) is 1.95. The third-order valence-corrected chi connectivity index (χ3v) is 3.76. The lowest BCUT2D eigenvalue weighted by molar-refractivity contribution is 0.580. The van der Waals surface area contributed by atoms with Gasteiger partial charge in [-0.1, -0.05) is 17.7 Å². The molecule has 100 valence electrons. The summed E-state index contributed by atoms with van der Waals surface area (Å²) in [7, 11) is 0. The molecule has 0 amide bonds. The molecular formula is C15H12Cl2F2. The zero-order valence-corrected chi connectivity index (χ0v) is 12.0. The standard InChI is InChI=1S/C15H12Cl2F2/c1-8-5-10(16)3-4-11(8)15(17)12-7-13(18)9(2)6-14(12)19/h3-7,15H,1-2H3. The number of hydrogen-bond donors (Lipinski definition) is 0. The molecule has 0 aliphatic rings. The molecule has 0 bridgehead atoms. The van der Waals surface area contributed by atoms with Gasteiger partial charge in [-0.3, -0.25) is 0 Å². The van der Waals surface area contributed by atoms with Crippen LogP contribution in [0.1, 0.15) is 27.6 Å². The maximum absolute atomic E-state index is 13.9. The van der Waals surface area contributed by atoms with Crippen LogP contribution < -0.4 is 0 Å². The van der Waals surface area contributed by atoms with Crippen molar-refractivity contribution < 1.29 is 8.78 Å². The zero-order valence-electron chi connectivity index (χ0n) is 10.5. The summed E-state index contributed by atoms with van der Waals surface area (Å²) in [5.74, 6) is -0.970. The maximum Gasteiger partial charge on any atom is 0.128 e. The Morgan fingerprint density at radius 2 is 1.58 bits per heavy atom. The predicted molar refractivity (Wildman–Crippen MR) is 75.0 cm³/mol. The lowest BCUT2D eigenvalue weighted by Gasteiger charge is -2.15. The fourth-order valence-electron chi connectivity index (χ4n) is 1.95. The minimum absolute atomic E-state index is 0.134. The SMILES string of the molecule is Cc1cc(F)c(C(Cl)c2ccc(Cl)cc2C)cc1F. The van der Waals surface area contributed by atoms with E-state index >= 15 is 0 Å². The second-order valence-corrected chi connectivity index (χ2v) is 5.36. The Bertz CT molecular complexity index is 624. The molecule has 1 unspecified atom stereocenters. The second-order valence-electron chi connectivity index (χ2n) is 4.49. The molecule has 4 heteroatoms. The number of benzene rings is 2. The summed E-state index contributed by atoms with van der Waals surface area (Å²) >= 11 is 12.1. The first-order valence-electron chi connectivity index (χ1n) is 5.76. The summed E-state index contributed by atoms with van der Waals surface area (Å²) < 4.78 is 27.5. The molecule has 0 fully saturated rings. The van der Waals surface area contributed by atoms with Gasteiger partial charge in [-0.25, -0.2) is 8.78 Å². The van der Waals surface area contributed by atoms with Crippen LogP contribution in [0.25, 0.3) is 0 Å². The van der Waals surface area contributed by atoms with Gasteiger partial charge in [0.05, 0.1) is 5.38 Å². The van der Waals surface area contributed by atoms with Crippen molar-refractivity contribution >= 4 is 23.2 Å². The van der Waals surface area contributed by atoms with Gasteiger partial charge in [0.2, 0.25) is 0 Å². The number of hydrogen-bond acceptors (Lipinski definition) is 0. The van der Waals surface area contributed by atoms with Crippen molar-refractivity contribution in [2.45, 2.75) is 19.2 Å². The monoisotopic (exact) mass is 300 g/mol. The van der Waals surface area contributed by atoms with Crippen LogP contribution in [0.5, 0.6) is 0 Å². The highest BCUT2D eigenvalue weighted by molar-refractivity contribution is 6.30. The predicted octanol–water partition coefficient (Wildman–Crippen LogP) is 5.56. The molecule has 2 rings (SSSR count). The van der Waals surface area contributed by atoms with E-state index in [1.165, 1.54) is 6.92 Å². The molecule has 1 atom stereocenters. The number of halogens is 4. The van der Waals surface area contributed by atoms with Crippen LogP contribution in [0.3, 0.4) is 0 Å². The van der Waals surface area contributed by atoms with Crippen LogP contribution in [0, 0.1) is 25.5 Å². The van der Waals surface area contributed by atoms with Crippen molar-refractivity contribution in [3.63, 3.8) is 0 Å². The van der Waals surface area contributed by atoms with Gasteiger partial charge in [-0.05, 0) is 54.8 Å². The van der Waals surface area contributed by atoms with E-state index in [1.54, 1.807) is 18.2 Å². The van der Waals surface area contributed by atoms with Crippen molar-refractivity contribution in [3.8, 4) is 0 Å². The average molecular weight is 301 g/mol. The molecule has 2 aromatic carbocycles. The van der Waals surface area contributed by atoms with E-state index in [0.29, 0.717) is 10.6 Å². The molecule has 0 aromatic heterocycles. The molecule has 0 aliphatic carbocycles. The number of aryl methyl sites for hydroxylation is 2. The van der Waals surface area contributed by atoms with Gasteiger partial charge in [0.1, 0.15) is 11.6 Å².